The lowest BCUT2D eigenvalue weighted by Gasteiger charge is -2.34. The molecule has 0 bridgehead atoms. The van der Waals surface area contributed by atoms with E-state index in [9.17, 15) is 0 Å². The Labute approximate surface area is 69.3 Å². The van der Waals surface area contributed by atoms with E-state index in [-0.39, 0.29) is 0 Å². The van der Waals surface area contributed by atoms with Crippen molar-refractivity contribution in [2.24, 2.45) is 5.92 Å². The predicted molar refractivity (Wildman–Crippen MR) is 46.7 cm³/mol. The van der Waals surface area contributed by atoms with Crippen LogP contribution in [-0.4, -0.2) is 26.3 Å². The van der Waals surface area contributed by atoms with Crippen molar-refractivity contribution in [3.63, 3.8) is 0 Å². The Bertz CT molecular complexity index is 99.7. The van der Waals surface area contributed by atoms with Gasteiger partial charge in [-0.05, 0) is 38.3 Å². The van der Waals surface area contributed by atoms with Crippen LogP contribution in [0, 0.1) is 5.92 Å². The van der Waals surface area contributed by atoms with Crippen molar-refractivity contribution in [1.82, 2.24) is 5.32 Å². The number of ether oxygens (including phenoxy) is 1. The molecule has 0 aromatic heterocycles. The minimum Gasteiger partial charge on any atom is -0.381 e. The Morgan fingerprint density at radius 2 is 2.18 bits per heavy atom. The highest BCUT2D eigenvalue weighted by Gasteiger charge is 2.27. The van der Waals surface area contributed by atoms with E-state index < -0.39 is 0 Å². The molecule has 2 nitrogen and oxygen atoms in total. The van der Waals surface area contributed by atoms with Gasteiger partial charge in [0, 0.05) is 7.11 Å². The van der Waals surface area contributed by atoms with Crippen LogP contribution in [0.25, 0.3) is 0 Å². The number of methoxy groups -OCH3 is 1. The van der Waals surface area contributed by atoms with Gasteiger partial charge in [-0.15, -0.1) is 0 Å². The van der Waals surface area contributed by atoms with E-state index in [2.05, 4.69) is 12.2 Å². The first-order valence-corrected chi connectivity index (χ1v) is 4.60. The summed E-state index contributed by atoms with van der Waals surface area (Å²) in [5, 5.41) is 3.43. The van der Waals surface area contributed by atoms with E-state index in [0.29, 0.717) is 6.10 Å². The first kappa shape index (κ1) is 9.01. The maximum absolute atomic E-state index is 5.19. The van der Waals surface area contributed by atoms with Crippen LogP contribution in [-0.2, 0) is 4.74 Å². The molecule has 0 radical (unpaired) electrons. The van der Waals surface area contributed by atoms with Crippen LogP contribution in [0.15, 0.2) is 0 Å². The van der Waals surface area contributed by atoms with Gasteiger partial charge in [0.25, 0.3) is 0 Å². The van der Waals surface area contributed by atoms with Crippen LogP contribution >= 0.6 is 0 Å². The van der Waals surface area contributed by atoms with Crippen molar-refractivity contribution in [1.29, 1.82) is 0 Å². The van der Waals surface area contributed by atoms with Crippen molar-refractivity contribution in [2.75, 3.05) is 20.2 Å². The molecule has 1 aliphatic carbocycles. The fourth-order valence-electron chi connectivity index (χ4n) is 1.52. The summed E-state index contributed by atoms with van der Waals surface area (Å²) in [5.41, 5.74) is 0. The number of hydrogen-bond acceptors (Lipinski definition) is 2. The van der Waals surface area contributed by atoms with E-state index >= 15 is 0 Å². The van der Waals surface area contributed by atoms with Gasteiger partial charge < -0.3 is 10.1 Å². The first-order chi connectivity index (χ1) is 5.36. The monoisotopic (exact) mass is 157 g/mol. The zero-order valence-electron chi connectivity index (χ0n) is 7.60. The van der Waals surface area contributed by atoms with E-state index in [1.165, 1.54) is 25.8 Å². The SMILES string of the molecule is CCCNCC1CC(OC)C1. The van der Waals surface area contributed by atoms with E-state index in [4.69, 9.17) is 4.74 Å². The van der Waals surface area contributed by atoms with Gasteiger partial charge in [0.15, 0.2) is 0 Å². The molecule has 1 rings (SSSR count). The quantitative estimate of drug-likeness (QED) is 0.609. The third kappa shape index (κ3) is 2.80. The lowest BCUT2D eigenvalue weighted by Crippen LogP contribution is -2.37. The average molecular weight is 157 g/mol. The van der Waals surface area contributed by atoms with Gasteiger partial charge >= 0.3 is 0 Å². The molecule has 1 fully saturated rings. The van der Waals surface area contributed by atoms with Crippen molar-refractivity contribution in [2.45, 2.75) is 32.3 Å². The summed E-state index contributed by atoms with van der Waals surface area (Å²) < 4.78 is 5.19. The van der Waals surface area contributed by atoms with Crippen LogP contribution in [0.1, 0.15) is 26.2 Å². The minimum absolute atomic E-state index is 0.559. The van der Waals surface area contributed by atoms with Crippen LogP contribution in [0.5, 0.6) is 0 Å². The topological polar surface area (TPSA) is 21.3 Å². The summed E-state index contributed by atoms with van der Waals surface area (Å²) in [5.74, 6) is 0.881. The molecule has 0 unspecified atom stereocenters. The Morgan fingerprint density at radius 3 is 2.73 bits per heavy atom. The molecule has 66 valence electrons. The molecular formula is C9H19NO. The third-order valence-electron chi connectivity index (χ3n) is 2.39. The molecule has 1 aliphatic rings. The molecule has 11 heavy (non-hydrogen) atoms. The van der Waals surface area contributed by atoms with Gasteiger partial charge in [-0.2, -0.15) is 0 Å². The number of rotatable bonds is 5. The maximum atomic E-state index is 5.19. The van der Waals surface area contributed by atoms with Crippen molar-refractivity contribution >= 4 is 0 Å². The highest BCUT2D eigenvalue weighted by molar-refractivity contribution is 4.81. The second-order valence-corrected chi connectivity index (χ2v) is 3.40. The molecule has 0 amide bonds. The van der Waals surface area contributed by atoms with Crippen LogP contribution in [0.2, 0.25) is 0 Å². The maximum Gasteiger partial charge on any atom is 0.0577 e. The molecule has 1 saturated carbocycles. The van der Waals surface area contributed by atoms with Gasteiger partial charge in [0.1, 0.15) is 0 Å². The summed E-state index contributed by atoms with van der Waals surface area (Å²) in [7, 11) is 1.81. The highest BCUT2D eigenvalue weighted by Crippen LogP contribution is 2.28. The van der Waals surface area contributed by atoms with E-state index in [0.717, 1.165) is 12.5 Å². The Kier molecular flexibility index (Phi) is 3.87. The molecular weight excluding hydrogens is 138 g/mol. The molecule has 0 aromatic carbocycles. The lowest BCUT2D eigenvalue weighted by atomic mass is 9.82. The zero-order chi connectivity index (χ0) is 8.10. The molecule has 0 saturated heterocycles. The average Bonchev–Trinajstić information content (AvgIpc) is 1.94. The molecule has 0 atom stereocenters. The van der Waals surface area contributed by atoms with Crippen LogP contribution in [0.4, 0.5) is 0 Å². The normalized spacial score (nSPS) is 30.0. The highest BCUT2D eigenvalue weighted by atomic mass is 16.5. The largest absolute Gasteiger partial charge is 0.381 e. The second-order valence-electron chi connectivity index (χ2n) is 3.40. The second kappa shape index (κ2) is 4.73. The summed E-state index contributed by atoms with van der Waals surface area (Å²) in [6.07, 6.45) is 4.31. The van der Waals surface area contributed by atoms with Crippen molar-refractivity contribution < 1.29 is 4.74 Å². The smallest absolute Gasteiger partial charge is 0.0577 e. The van der Waals surface area contributed by atoms with Crippen molar-refractivity contribution in [3.05, 3.63) is 0 Å². The fraction of sp³-hybridized carbons (Fsp3) is 1.00. The Morgan fingerprint density at radius 1 is 1.45 bits per heavy atom. The Balaban J connectivity index is 1.88. The molecule has 0 aromatic rings. The summed E-state index contributed by atoms with van der Waals surface area (Å²) in [6.45, 7) is 4.55. The van der Waals surface area contributed by atoms with Gasteiger partial charge in [0.05, 0.1) is 6.10 Å². The van der Waals surface area contributed by atoms with Crippen LogP contribution in [0.3, 0.4) is 0 Å². The van der Waals surface area contributed by atoms with Gasteiger partial charge in [-0.3, -0.25) is 0 Å². The van der Waals surface area contributed by atoms with Crippen molar-refractivity contribution in [3.8, 4) is 0 Å². The zero-order valence-corrected chi connectivity index (χ0v) is 7.60. The predicted octanol–water partition coefficient (Wildman–Crippen LogP) is 1.41. The summed E-state index contributed by atoms with van der Waals surface area (Å²) in [4.78, 5) is 0. The van der Waals surface area contributed by atoms with Gasteiger partial charge in [0.2, 0.25) is 0 Å². The van der Waals surface area contributed by atoms with Crippen LogP contribution < -0.4 is 5.32 Å². The molecule has 0 aliphatic heterocycles. The van der Waals surface area contributed by atoms with Gasteiger partial charge in [-0.1, -0.05) is 6.92 Å². The Hall–Kier alpha value is -0.0800. The third-order valence-corrected chi connectivity index (χ3v) is 2.39. The number of nitrogens with one attached hydrogen (secondary N) is 1. The molecule has 0 spiro atoms. The summed E-state index contributed by atoms with van der Waals surface area (Å²) >= 11 is 0. The standard InChI is InChI=1S/C9H19NO/c1-3-4-10-7-8-5-9(6-8)11-2/h8-10H,3-7H2,1-2H3. The van der Waals surface area contributed by atoms with E-state index in [1.54, 1.807) is 7.11 Å². The van der Waals surface area contributed by atoms with Gasteiger partial charge in [-0.25, -0.2) is 0 Å². The van der Waals surface area contributed by atoms with E-state index in [1.807, 2.05) is 0 Å². The molecule has 0 heterocycles. The molecule has 1 N–H and O–H groups in total. The fourth-order valence-corrected chi connectivity index (χ4v) is 1.52. The lowest BCUT2D eigenvalue weighted by molar-refractivity contribution is 0.00170. The minimum atomic E-state index is 0.559. The summed E-state index contributed by atoms with van der Waals surface area (Å²) in [6, 6.07) is 0. The first-order valence-electron chi connectivity index (χ1n) is 4.60. The molecule has 2 heteroatoms. The number of hydrogen-bond donors (Lipinski definition) is 1.